The van der Waals surface area contributed by atoms with Crippen molar-refractivity contribution in [1.29, 1.82) is 0 Å². The molecule has 34 heavy (non-hydrogen) atoms. The monoisotopic (exact) mass is 438 g/mol. The van der Waals surface area contributed by atoms with Crippen molar-refractivity contribution >= 4 is 35.4 Å². The van der Waals surface area contributed by atoms with Crippen LogP contribution in [-0.2, 0) is 8.18 Å². The molecule has 3 aromatic carbocycles. The molecule has 0 aromatic heterocycles. The van der Waals surface area contributed by atoms with E-state index in [0.717, 1.165) is 0 Å². The Morgan fingerprint density at radius 2 is 0.912 bits per heavy atom. The van der Waals surface area contributed by atoms with Crippen LogP contribution in [0.5, 0.6) is 0 Å². The first-order chi connectivity index (χ1) is 16.3. The van der Waals surface area contributed by atoms with E-state index in [1.54, 1.807) is 0 Å². The molecule has 2 unspecified atom stereocenters. The number of aryl methyl sites for hydroxylation is 2. The van der Waals surface area contributed by atoms with Gasteiger partial charge in [0.2, 0.25) is 0 Å². The van der Waals surface area contributed by atoms with Gasteiger partial charge in [0.1, 0.15) is 0 Å². The Kier molecular flexibility index (Phi) is 10.3. The predicted molar refractivity (Wildman–Crippen MR) is 150 cm³/mol. The summed E-state index contributed by atoms with van der Waals surface area (Å²) in [4.78, 5) is 0. The molecule has 170 valence electrons. The van der Waals surface area contributed by atoms with Crippen molar-refractivity contribution in [2.45, 2.75) is 87.2 Å². The number of hydrogen-bond donors (Lipinski definition) is 0. The van der Waals surface area contributed by atoms with Crippen molar-refractivity contribution in [2.75, 3.05) is 0 Å². The van der Waals surface area contributed by atoms with Crippen molar-refractivity contribution in [3.05, 3.63) is 106 Å². The van der Waals surface area contributed by atoms with E-state index in [2.05, 4.69) is 136 Å². The minimum atomic E-state index is 0.0243. The molecular formula is C32H40Li2. The second kappa shape index (κ2) is 12.7. The molecule has 0 radical (unpaired) electrons. The van der Waals surface area contributed by atoms with E-state index in [0.29, 0.717) is 0 Å². The molecule has 3 aromatic rings. The molecule has 3 rings (SSSR count). The molecule has 0 saturated heterocycles. The molecular weight excluding hydrogens is 398 g/mol. The van der Waals surface area contributed by atoms with Crippen LogP contribution in [0.25, 0.3) is 0 Å². The fraction of sp³-hybridized carbons (Fsp3) is 0.438. The predicted octanol–water partition coefficient (Wildman–Crippen LogP) is 8.29. The first-order valence-corrected chi connectivity index (χ1v) is 13.6. The van der Waals surface area contributed by atoms with Gasteiger partial charge in [-0.2, -0.15) is 0 Å². The molecule has 0 heterocycles. The normalized spacial score (nSPS) is 15.1. The quantitative estimate of drug-likeness (QED) is 0.197. The second-order valence-electron chi connectivity index (χ2n) is 10.9. The van der Waals surface area contributed by atoms with Gasteiger partial charge >= 0.3 is 229 Å². The number of rotatable bonds is 12. The summed E-state index contributed by atoms with van der Waals surface area (Å²) in [7, 11) is 0. The topological polar surface area (TPSA) is 0 Å². The Bertz CT molecular complexity index is 941. The van der Waals surface area contributed by atoms with Gasteiger partial charge < -0.3 is 0 Å². The molecule has 0 spiro atoms. The van der Waals surface area contributed by atoms with Gasteiger partial charge in [0.15, 0.2) is 0 Å². The van der Waals surface area contributed by atoms with E-state index < -0.39 is 0 Å². The van der Waals surface area contributed by atoms with E-state index in [9.17, 15) is 0 Å². The summed E-state index contributed by atoms with van der Waals surface area (Å²) in [6.45, 7) is 8.96. The Hall–Kier alpha value is -1.15. The molecule has 0 amide bonds. The third-order valence-electron chi connectivity index (χ3n) is 8.07. The third-order valence-corrected chi connectivity index (χ3v) is 8.07. The van der Waals surface area contributed by atoms with E-state index in [4.69, 9.17) is 0 Å². The molecule has 0 aliphatic carbocycles. The van der Waals surface area contributed by atoms with Gasteiger partial charge in [0.05, 0.1) is 0 Å². The fourth-order valence-electron chi connectivity index (χ4n) is 5.42. The van der Waals surface area contributed by atoms with Crippen LogP contribution in [0.4, 0.5) is 0 Å². The SMILES string of the molecule is [Li][C](CCCCC)(c1ccc(C)cc1)c1cccc([C]([Li])(CCCCC)c2ccc(C)cc2)c1. The molecule has 0 saturated carbocycles. The Morgan fingerprint density at radius 3 is 1.26 bits per heavy atom. The molecule has 0 aliphatic heterocycles. The Balaban J connectivity index is 2.08. The third kappa shape index (κ3) is 6.54. The van der Waals surface area contributed by atoms with Crippen molar-refractivity contribution in [2.24, 2.45) is 0 Å². The summed E-state index contributed by atoms with van der Waals surface area (Å²) in [5.41, 5.74) is 8.45. The van der Waals surface area contributed by atoms with Gasteiger partial charge in [-0.15, -0.1) is 0 Å². The van der Waals surface area contributed by atoms with Crippen LogP contribution in [0.15, 0.2) is 72.8 Å². The van der Waals surface area contributed by atoms with Gasteiger partial charge in [-0.05, 0) is 0 Å². The van der Waals surface area contributed by atoms with Gasteiger partial charge in [-0.25, -0.2) is 0 Å². The number of hydrogen-bond acceptors (Lipinski definition) is 0. The van der Waals surface area contributed by atoms with Crippen molar-refractivity contribution in [3.8, 4) is 0 Å². The zero-order valence-electron chi connectivity index (χ0n) is 22.6. The van der Waals surface area contributed by atoms with E-state index in [1.807, 2.05) is 0 Å². The second-order valence-corrected chi connectivity index (χ2v) is 10.9. The summed E-state index contributed by atoms with van der Waals surface area (Å²) in [5, 5.41) is 0. The first kappa shape index (κ1) is 27.4. The van der Waals surface area contributed by atoms with Crippen molar-refractivity contribution in [3.63, 3.8) is 0 Å². The van der Waals surface area contributed by atoms with Crippen LogP contribution in [-0.4, -0.2) is 35.4 Å². The maximum absolute atomic E-state index is 2.54. The van der Waals surface area contributed by atoms with Crippen molar-refractivity contribution < 1.29 is 0 Å². The van der Waals surface area contributed by atoms with Crippen LogP contribution in [0, 0.1) is 13.8 Å². The molecule has 0 nitrogen and oxygen atoms in total. The fourth-order valence-corrected chi connectivity index (χ4v) is 5.42. The van der Waals surface area contributed by atoms with Gasteiger partial charge in [0, 0.05) is 0 Å². The number of unbranched alkanes of at least 4 members (excludes halogenated alkanes) is 4. The van der Waals surface area contributed by atoms with E-state index >= 15 is 0 Å². The minimum absolute atomic E-state index is 0.0243. The summed E-state index contributed by atoms with van der Waals surface area (Å²) in [6, 6.07) is 28.1. The molecule has 0 N–H and O–H groups in total. The molecule has 0 fully saturated rings. The van der Waals surface area contributed by atoms with Gasteiger partial charge in [0.25, 0.3) is 0 Å². The molecule has 2 atom stereocenters. The molecule has 0 aliphatic rings. The van der Waals surface area contributed by atoms with Crippen LogP contribution < -0.4 is 0 Å². The van der Waals surface area contributed by atoms with Crippen LogP contribution in [0.2, 0.25) is 0 Å². The molecule has 2 heteroatoms. The summed E-state index contributed by atoms with van der Waals surface area (Å²) in [6.07, 6.45) is 9.99. The van der Waals surface area contributed by atoms with Gasteiger partial charge in [-0.3, -0.25) is 0 Å². The van der Waals surface area contributed by atoms with E-state index in [1.165, 1.54) is 84.7 Å². The van der Waals surface area contributed by atoms with Crippen LogP contribution in [0.1, 0.15) is 98.6 Å². The average molecular weight is 439 g/mol. The van der Waals surface area contributed by atoms with Crippen LogP contribution >= 0.6 is 0 Å². The zero-order valence-corrected chi connectivity index (χ0v) is 22.6. The summed E-state index contributed by atoms with van der Waals surface area (Å²) < 4.78 is 0.0486. The van der Waals surface area contributed by atoms with E-state index in [-0.39, 0.29) is 8.18 Å². The van der Waals surface area contributed by atoms with Crippen molar-refractivity contribution in [1.82, 2.24) is 0 Å². The summed E-state index contributed by atoms with van der Waals surface area (Å²) in [5.74, 6) is 0. The Morgan fingerprint density at radius 1 is 0.529 bits per heavy atom. The average Bonchev–Trinajstić information content (AvgIpc) is 2.85. The zero-order chi connectivity index (χ0) is 24.6. The first-order valence-electron chi connectivity index (χ1n) is 13.6. The summed E-state index contributed by atoms with van der Waals surface area (Å²) >= 11 is 4.93. The molecule has 0 bridgehead atoms. The van der Waals surface area contributed by atoms with Gasteiger partial charge in [-0.1, -0.05) is 0 Å². The maximum atomic E-state index is 2.54. The number of benzene rings is 3. The standard InChI is InChI=1S/C32H40.2Li/c1-5-7-9-14-31(27-20-16-25(3)17-21-27)29-12-11-13-30(24-29)32(15-10-8-6-2)28-22-18-26(4)19-23-28;;/h11-13,16-24H,5-10,14-15H2,1-4H3;;. The van der Waals surface area contributed by atoms with Crippen LogP contribution in [0.3, 0.4) is 0 Å². The Labute approximate surface area is 227 Å².